The molecule has 7 heteroatoms. The fourth-order valence-electron chi connectivity index (χ4n) is 1.91. The van der Waals surface area contributed by atoms with Crippen molar-refractivity contribution >= 4 is 52.0 Å². The smallest absolute Gasteiger partial charge is 0.230 e. The first-order valence-electron chi connectivity index (χ1n) is 5.52. The van der Waals surface area contributed by atoms with E-state index in [4.69, 9.17) is 45.1 Å². The maximum Gasteiger partial charge on any atom is 0.230 e. The number of hydrogen-bond acceptors (Lipinski definition) is 4. The Bertz CT molecular complexity index is 782. The van der Waals surface area contributed by atoms with Crippen molar-refractivity contribution in [3.8, 4) is 22.4 Å². The normalized spacial score (nSPS) is 10.9. The summed E-state index contributed by atoms with van der Waals surface area (Å²) < 4.78 is 6.20. The van der Waals surface area contributed by atoms with Crippen LogP contribution in [0.25, 0.3) is 22.4 Å². The molecule has 0 unspecified atom stereocenters. The van der Waals surface area contributed by atoms with Crippen molar-refractivity contribution in [2.45, 2.75) is 0 Å². The Hall–Kier alpha value is -1.20. The molecule has 3 aromatic rings. The van der Waals surface area contributed by atoms with Crippen molar-refractivity contribution in [3.63, 3.8) is 0 Å². The molecule has 0 amide bonds. The molecule has 20 heavy (non-hydrogen) atoms. The lowest BCUT2D eigenvalue weighted by atomic mass is 10.0. The first kappa shape index (κ1) is 13.8. The zero-order chi connectivity index (χ0) is 14.3. The van der Waals surface area contributed by atoms with Crippen molar-refractivity contribution < 1.29 is 4.52 Å². The summed E-state index contributed by atoms with van der Waals surface area (Å²) in [6.45, 7) is 0. The Morgan fingerprint density at radius 1 is 1.15 bits per heavy atom. The molecular weight excluding hydrogens is 339 g/mol. The number of benzene rings is 1. The third-order valence-electron chi connectivity index (χ3n) is 2.74. The largest absolute Gasteiger partial charge is 0.367 e. The van der Waals surface area contributed by atoms with Gasteiger partial charge in [0.1, 0.15) is 10.0 Å². The highest BCUT2D eigenvalue weighted by molar-refractivity contribution is 7.20. The molecule has 3 rings (SSSR count). The molecule has 0 bridgehead atoms. The van der Waals surface area contributed by atoms with Crippen molar-refractivity contribution in [1.29, 1.82) is 0 Å². The maximum absolute atomic E-state index is 6.17. The van der Waals surface area contributed by atoms with E-state index in [1.54, 1.807) is 18.2 Å². The third-order valence-corrected chi connectivity index (χ3v) is 4.47. The molecule has 3 nitrogen and oxygen atoms in total. The van der Waals surface area contributed by atoms with E-state index in [9.17, 15) is 0 Å². The summed E-state index contributed by atoms with van der Waals surface area (Å²) in [5.41, 5.74) is 8.58. The Balaban J connectivity index is 2.22. The predicted molar refractivity (Wildman–Crippen MR) is 84.7 cm³/mol. The summed E-state index contributed by atoms with van der Waals surface area (Å²) in [4.78, 5) is 0. The number of nitrogens with two attached hydrogens (primary N) is 1. The van der Waals surface area contributed by atoms with Crippen LogP contribution in [0.3, 0.4) is 0 Å². The van der Waals surface area contributed by atoms with Crippen LogP contribution in [-0.4, -0.2) is 5.16 Å². The predicted octanol–water partition coefficient (Wildman–Crippen LogP) is 5.61. The van der Waals surface area contributed by atoms with Crippen LogP contribution >= 0.6 is 46.1 Å². The quantitative estimate of drug-likeness (QED) is 0.656. The topological polar surface area (TPSA) is 52.0 Å². The molecule has 2 N–H and O–H groups in total. The molecule has 0 saturated carbocycles. The van der Waals surface area contributed by atoms with E-state index in [1.165, 1.54) is 11.3 Å². The molecule has 0 aliphatic heterocycles. The van der Waals surface area contributed by atoms with Crippen molar-refractivity contribution in [2.75, 3.05) is 5.73 Å². The van der Waals surface area contributed by atoms with Gasteiger partial charge < -0.3 is 10.3 Å². The summed E-state index contributed by atoms with van der Waals surface area (Å²) in [7, 11) is 0. The number of anilines is 1. The second-order valence-electron chi connectivity index (χ2n) is 4.02. The van der Waals surface area contributed by atoms with Gasteiger partial charge >= 0.3 is 0 Å². The zero-order valence-corrected chi connectivity index (χ0v) is 12.9. The Morgan fingerprint density at radius 3 is 2.60 bits per heavy atom. The van der Waals surface area contributed by atoms with E-state index < -0.39 is 0 Å². The second-order valence-corrected chi connectivity index (χ2v) is 6.74. The zero-order valence-electron chi connectivity index (χ0n) is 9.86. The van der Waals surface area contributed by atoms with Gasteiger partial charge in [-0.3, -0.25) is 0 Å². The van der Waals surface area contributed by atoms with E-state index in [0.29, 0.717) is 30.5 Å². The summed E-state index contributed by atoms with van der Waals surface area (Å²) in [5, 5.41) is 4.59. The number of rotatable bonds is 2. The van der Waals surface area contributed by atoms with Crippen molar-refractivity contribution in [1.82, 2.24) is 5.16 Å². The Kier molecular flexibility index (Phi) is 3.65. The van der Waals surface area contributed by atoms with Crippen LogP contribution < -0.4 is 5.73 Å². The molecule has 0 spiro atoms. The van der Waals surface area contributed by atoms with Crippen molar-refractivity contribution in [3.05, 3.63) is 44.0 Å². The van der Waals surface area contributed by atoms with Gasteiger partial charge in [-0.25, -0.2) is 0 Å². The standard InChI is InChI=1S/C13H7Cl3N2OS/c14-7-3-1-2-6(4-7)10-11(18-19-13(10)17)8-5-9(15)20-12(8)16/h1-5H,17H2. The van der Waals surface area contributed by atoms with Gasteiger partial charge in [0.25, 0.3) is 0 Å². The number of nitrogen functional groups attached to an aromatic ring is 1. The monoisotopic (exact) mass is 344 g/mol. The van der Waals surface area contributed by atoms with Gasteiger partial charge in [0.2, 0.25) is 5.88 Å². The number of nitrogens with zero attached hydrogens (tertiary/aromatic N) is 1. The highest BCUT2D eigenvalue weighted by atomic mass is 35.5. The van der Waals surface area contributed by atoms with Crippen LogP contribution in [-0.2, 0) is 0 Å². The van der Waals surface area contributed by atoms with Crippen LogP contribution in [0.1, 0.15) is 0 Å². The second kappa shape index (κ2) is 5.30. The summed E-state index contributed by atoms with van der Waals surface area (Å²) in [6, 6.07) is 9.01. The molecule has 0 aliphatic rings. The number of hydrogen-bond donors (Lipinski definition) is 1. The molecular formula is C13H7Cl3N2OS. The molecule has 2 heterocycles. The highest BCUT2D eigenvalue weighted by Gasteiger charge is 2.21. The van der Waals surface area contributed by atoms with Gasteiger partial charge in [-0.05, 0) is 23.8 Å². The van der Waals surface area contributed by atoms with Gasteiger partial charge in [0.15, 0.2) is 0 Å². The summed E-state index contributed by atoms with van der Waals surface area (Å²) >= 11 is 19.4. The van der Waals surface area contributed by atoms with E-state index in [0.717, 1.165) is 5.56 Å². The maximum atomic E-state index is 6.17. The van der Waals surface area contributed by atoms with E-state index in [2.05, 4.69) is 5.16 Å². The number of aromatic nitrogens is 1. The third kappa shape index (κ3) is 2.40. The van der Waals surface area contributed by atoms with Crippen molar-refractivity contribution in [2.24, 2.45) is 0 Å². The molecule has 102 valence electrons. The molecule has 1 aromatic carbocycles. The molecule has 0 atom stereocenters. The van der Waals surface area contributed by atoms with E-state index in [-0.39, 0.29) is 5.88 Å². The number of thiophene rings is 1. The Morgan fingerprint density at radius 2 is 1.95 bits per heavy atom. The van der Waals surface area contributed by atoms with Gasteiger partial charge in [-0.15, -0.1) is 11.3 Å². The van der Waals surface area contributed by atoms with Crippen LogP contribution in [0.15, 0.2) is 34.9 Å². The molecule has 0 saturated heterocycles. The fourth-order valence-corrected chi connectivity index (χ4v) is 3.57. The fraction of sp³-hybridized carbons (Fsp3) is 0. The SMILES string of the molecule is Nc1onc(-c2cc(Cl)sc2Cl)c1-c1cccc(Cl)c1. The van der Waals surface area contributed by atoms with Gasteiger partial charge in [0.05, 0.1) is 9.90 Å². The number of halogens is 3. The first-order valence-corrected chi connectivity index (χ1v) is 7.47. The molecule has 2 aromatic heterocycles. The van der Waals surface area contributed by atoms with Crippen LogP contribution in [0.2, 0.25) is 13.7 Å². The lowest BCUT2D eigenvalue weighted by molar-refractivity contribution is 0.439. The molecule has 0 aliphatic carbocycles. The summed E-state index contributed by atoms with van der Waals surface area (Å²) in [5.74, 6) is 0.209. The minimum atomic E-state index is 0.209. The lowest BCUT2D eigenvalue weighted by Crippen LogP contribution is -1.87. The minimum absolute atomic E-state index is 0.209. The lowest BCUT2D eigenvalue weighted by Gasteiger charge is -2.02. The molecule has 0 fully saturated rings. The van der Waals surface area contributed by atoms with Gasteiger partial charge in [-0.2, -0.15) is 0 Å². The minimum Gasteiger partial charge on any atom is -0.367 e. The van der Waals surface area contributed by atoms with Crippen LogP contribution in [0.5, 0.6) is 0 Å². The highest BCUT2D eigenvalue weighted by Crippen LogP contribution is 2.43. The molecule has 0 radical (unpaired) electrons. The average Bonchev–Trinajstić information content (AvgIpc) is 2.92. The van der Waals surface area contributed by atoms with Gasteiger partial charge in [0, 0.05) is 10.6 Å². The Labute approximate surface area is 133 Å². The van der Waals surface area contributed by atoms with E-state index >= 15 is 0 Å². The summed E-state index contributed by atoms with van der Waals surface area (Å²) in [6.07, 6.45) is 0. The van der Waals surface area contributed by atoms with E-state index in [1.807, 2.05) is 12.1 Å². The first-order chi connectivity index (χ1) is 9.56. The van der Waals surface area contributed by atoms with Crippen LogP contribution in [0, 0.1) is 0 Å². The van der Waals surface area contributed by atoms with Crippen LogP contribution in [0.4, 0.5) is 5.88 Å². The van der Waals surface area contributed by atoms with Gasteiger partial charge in [-0.1, -0.05) is 52.1 Å². The average molecular weight is 346 g/mol.